The minimum atomic E-state index is -0.118. The molecule has 150 valence electrons. The molecule has 0 bridgehead atoms. The number of nitrogens with one attached hydrogen (secondary N) is 3. The van der Waals surface area contributed by atoms with Crippen LogP contribution in [0, 0.1) is 11.3 Å². The molecule has 1 aliphatic heterocycles. The Bertz CT molecular complexity index is 923. The summed E-state index contributed by atoms with van der Waals surface area (Å²) < 4.78 is 8.23. The third-order valence-electron chi connectivity index (χ3n) is 4.91. The van der Waals surface area contributed by atoms with E-state index < -0.39 is 0 Å². The van der Waals surface area contributed by atoms with Gasteiger partial charge in [0, 0.05) is 49.5 Å². The second-order valence-corrected chi connectivity index (χ2v) is 8.43. The highest BCUT2D eigenvalue weighted by molar-refractivity contribution is 6.09. The first-order valence-electron chi connectivity index (χ1n) is 9.55. The molecule has 1 amide bonds. The topological polar surface area (TPSA) is 92.0 Å². The van der Waals surface area contributed by atoms with E-state index in [1.54, 1.807) is 6.33 Å². The summed E-state index contributed by atoms with van der Waals surface area (Å²) in [6.45, 7) is 8.84. The van der Waals surface area contributed by atoms with Crippen LogP contribution in [0.1, 0.15) is 39.7 Å². The van der Waals surface area contributed by atoms with Gasteiger partial charge in [-0.2, -0.15) is 0 Å². The fourth-order valence-electron chi connectivity index (χ4n) is 3.27. The van der Waals surface area contributed by atoms with Crippen molar-refractivity contribution in [3.63, 3.8) is 0 Å². The van der Waals surface area contributed by atoms with Gasteiger partial charge in [-0.25, -0.2) is 4.98 Å². The van der Waals surface area contributed by atoms with Crippen LogP contribution >= 0.6 is 0 Å². The van der Waals surface area contributed by atoms with Gasteiger partial charge in [-0.3, -0.25) is 4.79 Å². The molecular weight excluding hydrogens is 354 g/mol. The number of hydrogen-bond donors (Lipinski definition) is 3. The van der Waals surface area contributed by atoms with E-state index in [0.717, 1.165) is 22.2 Å². The molecule has 1 aliphatic rings. The summed E-state index contributed by atoms with van der Waals surface area (Å²) >= 11 is 0. The van der Waals surface area contributed by atoms with Crippen LogP contribution in [0.4, 0.5) is 0 Å². The Kier molecular flexibility index (Phi) is 5.45. The molecule has 7 heteroatoms. The zero-order valence-corrected chi connectivity index (χ0v) is 17.2. The first-order valence-corrected chi connectivity index (χ1v) is 9.55. The number of hydrogen-bond acceptors (Lipinski definition) is 5. The van der Waals surface area contributed by atoms with Gasteiger partial charge in [-0.05, 0) is 45.4 Å². The minimum absolute atomic E-state index is 0.0714. The summed E-state index contributed by atoms with van der Waals surface area (Å²) in [5.74, 6) is 0.921. The molecule has 0 saturated carbocycles. The number of nitrogens with zero attached hydrogens (tertiary/aromatic N) is 2. The van der Waals surface area contributed by atoms with Crippen LogP contribution in [0.3, 0.4) is 0 Å². The second-order valence-electron chi connectivity index (χ2n) is 8.43. The molecular formula is C21H29N5O2. The highest BCUT2D eigenvalue weighted by atomic mass is 16.5. The molecule has 0 aliphatic carbocycles. The maximum atomic E-state index is 11.6. The molecule has 1 saturated heterocycles. The lowest BCUT2D eigenvalue weighted by Gasteiger charge is -2.22. The maximum absolute atomic E-state index is 11.6. The largest absolute Gasteiger partial charge is 0.488 e. The van der Waals surface area contributed by atoms with Crippen molar-refractivity contribution < 1.29 is 9.53 Å². The highest BCUT2D eigenvalue weighted by Gasteiger charge is 2.28. The lowest BCUT2D eigenvalue weighted by atomic mass is 10.0. The number of benzene rings is 1. The highest BCUT2D eigenvalue weighted by Crippen LogP contribution is 2.31. The fraction of sp³-hybridized carbons (Fsp3) is 0.476. The normalized spacial score (nSPS) is 18.8. The first-order chi connectivity index (χ1) is 13.2. The zero-order chi connectivity index (χ0) is 20.5. The van der Waals surface area contributed by atoms with Crippen LogP contribution < -0.4 is 15.4 Å². The summed E-state index contributed by atoms with van der Waals surface area (Å²) in [6, 6.07) is 3.92. The smallest absolute Gasteiger partial charge is 0.220 e. The number of allylic oxidation sites excluding steroid dienone is 1. The van der Waals surface area contributed by atoms with Crippen molar-refractivity contribution in [1.29, 1.82) is 5.41 Å². The predicted molar refractivity (Wildman–Crippen MR) is 112 cm³/mol. The number of carbonyl (C=O) groups excluding carboxylic acids is 1. The molecule has 0 radical (unpaired) electrons. The second kappa shape index (κ2) is 7.66. The molecule has 3 rings (SSSR count). The van der Waals surface area contributed by atoms with E-state index in [-0.39, 0.29) is 23.5 Å². The quantitative estimate of drug-likeness (QED) is 0.669. The van der Waals surface area contributed by atoms with Crippen molar-refractivity contribution in [2.24, 2.45) is 13.0 Å². The molecule has 1 aromatic carbocycles. The Morgan fingerprint density at radius 1 is 1.46 bits per heavy atom. The zero-order valence-electron chi connectivity index (χ0n) is 17.2. The van der Waals surface area contributed by atoms with Gasteiger partial charge in [0.05, 0.1) is 11.8 Å². The van der Waals surface area contributed by atoms with Crippen molar-refractivity contribution in [3.05, 3.63) is 30.2 Å². The van der Waals surface area contributed by atoms with E-state index in [2.05, 4.69) is 36.4 Å². The summed E-state index contributed by atoms with van der Waals surface area (Å²) in [5.41, 5.74) is 3.23. The van der Waals surface area contributed by atoms with Crippen LogP contribution in [-0.4, -0.2) is 39.9 Å². The minimum Gasteiger partial charge on any atom is -0.488 e. The molecule has 2 unspecified atom stereocenters. The van der Waals surface area contributed by atoms with Crippen molar-refractivity contribution in [2.75, 3.05) is 6.54 Å². The SMILES string of the molecule is CC(Oc1cc(/C(C=N)=C/NC(C)(C)C)cc2ncn(C)c12)C1CNC(=O)C1. The number of amides is 1. The number of imidazole rings is 1. The summed E-state index contributed by atoms with van der Waals surface area (Å²) in [7, 11) is 1.93. The van der Waals surface area contributed by atoms with Gasteiger partial charge in [0.1, 0.15) is 17.4 Å². The van der Waals surface area contributed by atoms with Crippen molar-refractivity contribution >= 4 is 28.7 Å². The number of ether oxygens (including phenoxy) is 1. The monoisotopic (exact) mass is 383 g/mol. The third-order valence-corrected chi connectivity index (χ3v) is 4.91. The van der Waals surface area contributed by atoms with E-state index in [0.29, 0.717) is 18.7 Å². The van der Waals surface area contributed by atoms with E-state index in [9.17, 15) is 4.79 Å². The predicted octanol–water partition coefficient (Wildman–Crippen LogP) is 2.86. The molecule has 1 fully saturated rings. The Labute approximate surface area is 165 Å². The van der Waals surface area contributed by atoms with E-state index >= 15 is 0 Å². The average Bonchev–Trinajstić information content (AvgIpc) is 3.21. The van der Waals surface area contributed by atoms with Crippen LogP contribution in [0.2, 0.25) is 0 Å². The van der Waals surface area contributed by atoms with Gasteiger partial charge in [-0.1, -0.05) is 0 Å². The third kappa shape index (κ3) is 4.35. The average molecular weight is 383 g/mol. The molecule has 28 heavy (non-hydrogen) atoms. The van der Waals surface area contributed by atoms with Crippen molar-refractivity contribution in [2.45, 2.75) is 45.8 Å². The van der Waals surface area contributed by atoms with Crippen LogP contribution in [0.5, 0.6) is 5.75 Å². The van der Waals surface area contributed by atoms with Gasteiger partial charge in [0.2, 0.25) is 5.91 Å². The molecule has 2 aromatic rings. The van der Waals surface area contributed by atoms with Crippen molar-refractivity contribution in [1.82, 2.24) is 20.2 Å². The van der Waals surface area contributed by atoms with Crippen molar-refractivity contribution in [3.8, 4) is 5.75 Å². The van der Waals surface area contributed by atoms with Gasteiger partial charge in [0.25, 0.3) is 0 Å². The first kappa shape index (κ1) is 19.9. The lowest BCUT2D eigenvalue weighted by Crippen LogP contribution is -2.31. The fourth-order valence-corrected chi connectivity index (χ4v) is 3.27. The molecule has 2 heterocycles. The van der Waals surface area contributed by atoms with E-state index in [1.165, 1.54) is 6.21 Å². The van der Waals surface area contributed by atoms with Gasteiger partial charge >= 0.3 is 0 Å². The number of carbonyl (C=O) groups is 1. The number of aryl methyl sites for hydroxylation is 1. The Morgan fingerprint density at radius 2 is 2.21 bits per heavy atom. The molecule has 3 N–H and O–H groups in total. The Balaban J connectivity index is 1.97. The summed E-state index contributed by atoms with van der Waals surface area (Å²) in [6.07, 6.45) is 5.30. The van der Waals surface area contributed by atoms with Crippen LogP contribution in [-0.2, 0) is 11.8 Å². The Morgan fingerprint density at radius 3 is 2.82 bits per heavy atom. The van der Waals surface area contributed by atoms with E-state index in [4.69, 9.17) is 10.1 Å². The molecule has 0 spiro atoms. The summed E-state index contributed by atoms with van der Waals surface area (Å²) in [5, 5.41) is 14.0. The van der Waals surface area contributed by atoms with Crippen LogP contribution in [0.15, 0.2) is 24.7 Å². The standard InChI is InChI=1S/C21H29N5O2/c1-13(15-8-19(27)23-10-15)28-18-7-14(6-17-20(18)26(5)12-24-17)16(9-22)11-25-21(2,3)4/h6-7,9,11-13,15,22,25H,8,10H2,1-5H3,(H,23,27)/b16-11+,22-9?. The molecule has 7 nitrogen and oxygen atoms in total. The van der Waals surface area contributed by atoms with Gasteiger partial charge < -0.3 is 25.3 Å². The van der Waals surface area contributed by atoms with Gasteiger partial charge in [0.15, 0.2) is 0 Å². The number of aromatic nitrogens is 2. The van der Waals surface area contributed by atoms with Crippen LogP contribution in [0.25, 0.3) is 16.6 Å². The number of fused-ring (bicyclic) bond motifs is 1. The Hall–Kier alpha value is -2.83. The summed E-state index contributed by atoms with van der Waals surface area (Å²) in [4.78, 5) is 16.0. The molecule has 1 aromatic heterocycles. The number of rotatable bonds is 6. The molecule has 2 atom stereocenters. The lowest BCUT2D eigenvalue weighted by molar-refractivity contribution is -0.119. The van der Waals surface area contributed by atoms with Gasteiger partial charge in [-0.15, -0.1) is 0 Å². The van der Waals surface area contributed by atoms with E-state index in [1.807, 2.05) is 36.9 Å². The maximum Gasteiger partial charge on any atom is 0.220 e.